The number of unbranched alkanes of at least 4 members (excludes halogenated alkanes) is 1. The van der Waals surface area contributed by atoms with Crippen molar-refractivity contribution in [2.24, 2.45) is 0 Å². The number of rotatable bonds is 9. The molecule has 0 radical (unpaired) electrons. The molecule has 0 aliphatic carbocycles. The second-order valence-corrected chi connectivity index (χ2v) is 7.74. The van der Waals surface area contributed by atoms with Crippen LogP contribution in [0.25, 0.3) is 11.6 Å². The Balaban J connectivity index is 1.43. The number of carbonyl (C=O) groups excluding carboxylic acids is 1. The lowest BCUT2D eigenvalue weighted by Crippen LogP contribution is -2.15. The van der Waals surface area contributed by atoms with Crippen LogP contribution in [-0.2, 0) is 11.2 Å². The van der Waals surface area contributed by atoms with E-state index in [0.29, 0.717) is 16.7 Å². The first-order chi connectivity index (χ1) is 14.7. The average molecular weight is 422 g/mol. The van der Waals surface area contributed by atoms with Crippen molar-refractivity contribution < 1.29 is 9.21 Å². The second-order valence-electron chi connectivity index (χ2n) is 6.80. The summed E-state index contributed by atoms with van der Waals surface area (Å²) in [5.41, 5.74) is 2.08. The summed E-state index contributed by atoms with van der Waals surface area (Å²) in [6, 6.07) is 15.5. The minimum Gasteiger partial charge on any atom is -0.461 e. The predicted octanol–water partition coefficient (Wildman–Crippen LogP) is 4.72. The highest BCUT2D eigenvalue weighted by Gasteiger charge is 2.18. The van der Waals surface area contributed by atoms with Gasteiger partial charge in [-0.2, -0.15) is 0 Å². The van der Waals surface area contributed by atoms with Crippen molar-refractivity contribution in [1.29, 1.82) is 0 Å². The minimum absolute atomic E-state index is 0.0945. The standard InChI is InChI=1S/C22H23N5O2S/c1-2-3-7-17-9-11-18(12-10-17)23-20(28)16-30-22-25-24-21(19-8-6-15-29-19)27(22)26-13-4-5-14-26/h4-6,8-15H,2-3,7,16H2,1H3,(H,23,28). The Kier molecular flexibility index (Phi) is 6.34. The topological polar surface area (TPSA) is 77.9 Å². The van der Waals surface area contributed by atoms with E-state index in [2.05, 4.69) is 34.6 Å². The van der Waals surface area contributed by atoms with E-state index in [0.717, 1.165) is 12.1 Å². The largest absolute Gasteiger partial charge is 0.461 e. The number of benzene rings is 1. The molecule has 0 spiro atoms. The molecule has 30 heavy (non-hydrogen) atoms. The fourth-order valence-corrected chi connectivity index (χ4v) is 3.78. The Morgan fingerprint density at radius 2 is 1.90 bits per heavy atom. The first kappa shape index (κ1) is 20.0. The number of aryl methyl sites for hydroxylation is 1. The number of hydrogen-bond acceptors (Lipinski definition) is 5. The zero-order valence-electron chi connectivity index (χ0n) is 16.7. The molecule has 3 aromatic heterocycles. The molecule has 0 saturated heterocycles. The van der Waals surface area contributed by atoms with Crippen LogP contribution in [-0.4, -0.2) is 31.2 Å². The van der Waals surface area contributed by atoms with Crippen LogP contribution in [0.4, 0.5) is 5.69 Å². The predicted molar refractivity (Wildman–Crippen MR) is 117 cm³/mol. The Hall–Kier alpha value is -3.26. The summed E-state index contributed by atoms with van der Waals surface area (Å²) >= 11 is 1.32. The maximum Gasteiger partial charge on any atom is 0.234 e. The van der Waals surface area contributed by atoms with Crippen LogP contribution >= 0.6 is 11.8 Å². The van der Waals surface area contributed by atoms with Gasteiger partial charge in [-0.15, -0.1) is 10.2 Å². The van der Waals surface area contributed by atoms with E-state index in [9.17, 15) is 4.79 Å². The molecule has 0 unspecified atom stereocenters. The number of nitrogens with one attached hydrogen (secondary N) is 1. The Bertz CT molecular complexity index is 1070. The monoisotopic (exact) mass is 421 g/mol. The van der Waals surface area contributed by atoms with E-state index in [4.69, 9.17) is 4.42 Å². The van der Waals surface area contributed by atoms with Gasteiger partial charge in [0, 0.05) is 18.1 Å². The number of carbonyl (C=O) groups is 1. The van der Waals surface area contributed by atoms with E-state index in [1.165, 1.54) is 30.2 Å². The molecule has 4 aromatic rings. The molecule has 1 amide bonds. The maximum absolute atomic E-state index is 12.5. The molecule has 154 valence electrons. The number of aromatic nitrogens is 4. The molecule has 0 aliphatic heterocycles. The van der Waals surface area contributed by atoms with Crippen LogP contribution in [0.5, 0.6) is 0 Å². The van der Waals surface area contributed by atoms with Crippen molar-refractivity contribution in [3.05, 3.63) is 72.8 Å². The molecule has 3 heterocycles. The highest BCUT2D eigenvalue weighted by Crippen LogP contribution is 2.25. The van der Waals surface area contributed by atoms with Crippen LogP contribution < -0.4 is 5.32 Å². The second kappa shape index (κ2) is 9.49. The fourth-order valence-electron chi connectivity index (χ4n) is 3.04. The van der Waals surface area contributed by atoms with Crippen LogP contribution in [0.3, 0.4) is 0 Å². The Morgan fingerprint density at radius 3 is 2.60 bits per heavy atom. The van der Waals surface area contributed by atoms with Gasteiger partial charge in [-0.25, -0.2) is 4.68 Å². The Labute approximate surface area is 179 Å². The van der Waals surface area contributed by atoms with Gasteiger partial charge in [-0.3, -0.25) is 9.47 Å². The molecule has 1 N–H and O–H groups in total. The molecule has 0 atom stereocenters. The van der Waals surface area contributed by atoms with Crippen molar-refractivity contribution >= 4 is 23.4 Å². The van der Waals surface area contributed by atoms with Gasteiger partial charge in [0.2, 0.25) is 16.9 Å². The van der Waals surface area contributed by atoms with E-state index < -0.39 is 0 Å². The molecule has 0 saturated carbocycles. The minimum atomic E-state index is -0.0945. The van der Waals surface area contributed by atoms with E-state index in [1.54, 1.807) is 12.3 Å². The molecule has 8 heteroatoms. The third-order valence-corrected chi connectivity index (χ3v) is 5.48. The summed E-state index contributed by atoms with van der Waals surface area (Å²) in [5, 5.41) is 12.1. The third kappa shape index (κ3) is 4.65. The highest BCUT2D eigenvalue weighted by molar-refractivity contribution is 7.99. The van der Waals surface area contributed by atoms with Gasteiger partial charge in [0.25, 0.3) is 0 Å². The van der Waals surface area contributed by atoms with Crippen LogP contribution in [0.15, 0.2) is 76.8 Å². The maximum atomic E-state index is 12.5. The molecule has 1 aromatic carbocycles. The number of hydrogen-bond donors (Lipinski definition) is 1. The number of anilines is 1. The molecule has 0 fully saturated rings. The highest BCUT2D eigenvalue weighted by atomic mass is 32.2. The van der Waals surface area contributed by atoms with Gasteiger partial charge >= 0.3 is 0 Å². The van der Waals surface area contributed by atoms with E-state index >= 15 is 0 Å². The van der Waals surface area contributed by atoms with Gasteiger partial charge in [0.1, 0.15) is 0 Å². The average Bonchev–Trinajstić information content (AvgIpc) is 3.52. The summed E-state index contributed by atoms with van der Waals surface area (Å²) in [4.78, 5) is 12.5. The van der Waals surface area contributed by atoms with Gasteiger partial charge in [0.05, 0.1) is 12.0 Å². The lowest BCUT2D eigenvalue weighted by atomic mass is 10.1. The first-order valence-corrected chi connectivity index (χ1v) is 10.9. The van der Waals surface area contributed by atoms with Crippen molar-refractivity contribution in [2.75, 3.05) is 11.1 Å². The zero-order chi connectivity index (χ0) is 20.8. The molecule has 0 bridgehead atoms. The molecule has 0 aliphatic rings. The van der Waals surface area contributed by atoms with Crippen molar-refractivity contribution in [1.82, 2.24) is 19.5 Å². The van der Waals surface area contributed by atoms with E-state index in [1.807, 2.05) is 52.1 Å². The number of amides is 1. The lowest BCUT2D eigenvalue weighted by molar-refractivity contribution is -0.113. The first-order valence-electron chi connectivity index (χ1n) is 9.89. The van der Waals surface area contributed by atoms with Gasteiger partial charge in [-0.05, 0) is 54.8 Å². The quantitative estimate of drug-likeness (QED) is 0.396. The molecule has 4 rings (SSSR count). The van der Waals surface area contributed by atoms with Crippen LogP contribution in [0.1, 0.15) is 25.3 Å². The zero-order valence-corrected chi connectivity index (χ0v) is 17.5. The van der Waals surface area contributed by atoms with Crippen molar-refractivity contribution in [3.8, 4) is 11.6 Å². The van der Waals surface area contributed by atoms with Gasteiger partial charge in [-0.1, -0.05) is 37.2 Å². The fraction of sp³-hybridized carbons (Fsp3) is 0.227. The number of furan rings is 1. The van der Waals surface area contributed by atoms with Crippen LogP contribution in [0.2, 0.25) is 0 Å². The van der Waals surface area contributed by atoms with Gasteiger partial charge < -0.3 is 9.73 Å². The van der Waals surface area contributed by atoms with Crippen LogP contribution in [0, 0.1) is 0 Å². The van der Waals surface area contributed by atoms with Crippen molar-refractivity contribution in [3.63, 3.8) is 0 Å². The smallest absolute Gasteiger partial charge is 0.234 e. The van der Waals surface area contributed by atoms with Gasteiger partial charge in [0.15, 0.2) is 5.76 Å². The summed E-state index contributed by atoms with van der Waals surface area (Å²) in [7, 11) is 0. The summed E-state index contributed by atoms with van der Waals surface area (Å²) in [5.74, 6) is 1.30. The van der Waals surface area contributed by atoms with Crippen molar-refractivity contribution in [2.45, 2.75) is 31.3 Å². The molecule has 7 nitrogen and oxygen atoms in total. The SMILES string of the molecule is CCCCc1ccc(NC(=O)CSc2nnc(-c3ccco3)n2-n2cccc2)cc1. The third-order valence-electron chi connectivity index (χ3n) is 4.56. The number of nitrogens with zero attached hydrogens (tertiary/aromatic N) is 4. The molecular weight excluding hydrogens is 398 g/mol. The Morgan fingerprint density at radius 1 is 1.10 bits per heavy atom. The summed E-state index contributed by atoms with van der Waals surface area (Å²) in [6.45, 7) is 2.18. The molecular formula is C22H23N5O2S. The number of thioether (sulfide) groups is 1. The summed E-state index contributed by atoms with van der Waals surface area (Å²) < 4.78 is 9.16. The van der Waals surface area contributed by atoms with E-state index in [-0.39, 0.29) is 11.7 Å². The summed E-state index contributed by atoms with van der Waals surface area (Å²) in [6.07, 6.45) is 8.78. The lowest BCUT2D eigenvalue weighted by Gasteiger charge is -2.10. The normalized spacial score (nSPS) is 11.0.